The van der Waals surface area contributed by atoms with E-state index in [0.717, 1.165) is 5.56 Å². The van der Waals surface area contributed by atoms with Gasteiger partial charge in [0.15, 0.2) is 0 Å². The molecule has 0 radical (unpaired) electrons. The average molecular weight is 294 g/mol. The van der Waals surface area contributed by atoms with Gasteiger partial charge in [-0.05, 0) is 50.2 Å². The van der Waals surface area contributed by atoms with Gasteiger partial charge in [-0.1, -0.05) is 23.7 Å². The highest BCUT2D eigenvalue weighted by Gasteiger charge is 2.09. The summed E-state index contributed by atoms with van der Waals surface area (Å²) in [5.74, 6) is 0.658. The van der Waals surface area contributed by atoms with E-state index < -0.39 is 0 Å². The molecule has 0 aliphatic heterocycles. The molecule has 2 aromatic rings. The van der Waals surface area contributed by atoms with Gasteiger partial charge in [-0.3, -0.25) is 0 Å². The largest absolute Gasteiger partial charge is 0.456 e. The Morgan fingerprint density at radius 2 is 1.95 bits per heavy atom. The third-order valence-corrected chi connectivity index (χ3v) is 3.56. The molecule has 1 N–H and O–H groups in total. The molecule has 20 heavy (non-hydrogen) atoms. The second kappa shape index (κ2) is 6.25. The number of hydrogen-bond donors (Lipinski definition) is 1. The Labute approximate surface area is 123 Å². The summed E-state index contributed by atoms with van der Waals surface area (Å²) in [4.78, 5) is 0. The van der Waals surface area contributed by atoms with E-state index in [0.29, 0.717) is 22.1 Å². The number of benzene rings is 2. The average Bonchev–Trinajstić information content (AvgIpc) is 2.44. The summed E-state index contributed by atoms with van der Waals surface area (Å²) in [5.41, 5.74) is 1.65. The number of aryl methyl sites for hydroxylation is 1. The Morgan fingerprint density at radius 1 is 1.20 bits per heavy atom. The molecule has 0 aliphatic rings. The van der Waals surface area contributed by atoms with E-state index in [4.69, 9.17) is 16.3 Å². The molecule has 4 heteroatoms. The van der Waals surface area contributed by atoms with Crippen molar-refractivity contribution < 1.29 is 9.13 Å². The van der Waals surface area contributed by atoms with Crippen LogP contribution < -0.4 is 10.1 Å². The van der Waals surface area contributed by atoms with Crippen molar-refractivity contribution in [2.75, 3.05) is 7.05 Å². The molecule has 0 aromatic heterocycles. The van der Waals surface area contributed by atoms with Crippen LogP contribution in [0.25, 0.3) is 0 Å². The van der Waals surface area contributed by atoms with Crippen molar-refractivity contribution >= 4 is 11.6 Å². The van der Waals surface area contributed by atoms with Crippen molar-refractivity contribution in [3.8, 4) is 11.5 Å². The van der Waals surface area contributed by atoms with Crippen LogP contribution in [0.4, 0.5) is 4.39 Å². The van der Waals surface area contributed by atoms with Gasteiger partial charge in [0.25, 0.3) is 0 Å². The first kappa shape index (κ1) is 14.8. The first-order valence-corrected chi connectivity index (χ1v) is 6.79. The number of rotatable bonds is 4. The Hall–Kier alpha value is -1.58. The molecule has 0 saturated carbocycles. The molecule has 2 aromatic carbocycles. The normalized spacial score (nSPS) is 12.2. The molecule has 0 heterocycles. The fourth-order valence-electron chi connectivity index (χ4n) is 1.80. The second-order valence-electron chi connectivity index (χ2n) is 4.71. The van der Waals surface area contributed by atoms with Gasteiger partial charge in [-0.2, -0.15) is 0 Å². The van der Waals surface area contributed by atoms with Crippen LogP contribution in [0.1, 0.15) is 24.1 Å². The Morgan fingerprint density at radius 3 is 2.55 bits per heavy atom. The predicted molar refractivity (Wildman–Crippen MR) is 80.1 cm³/mol. The predicted octanol–water partition coefficient (Wildman–Crippen LogP) is 4.86. The van der Waals surface area contributed by atoms with E-state index in [1.807, 2.05) is 26.1 Å². The smallest absolute Gasteiger partial charge is 0.146 e. The summed E-state index contributed by atoms with van der Waals surface area (Å²) in [6.45, 7) is 3.75. The quantitative estimate of drug-likeness (QED) is 0.869. The topological polar surface area (TPSA) is 21.3 Å². The molecule has 0 spiro atoms. The van der Waals surface area contributed by atoms with Crippen molar-refractivity contribution in [2.45, 2.75) is 19.9 Å². The molecule has 0 fully saturated rings. The molecule has 1 atom stereocenters. The van der Waals surface area contributed by atoms with Crippen molar-refractivity contribution in [1.29, 1.82) is 0 Å². The van der Waals surface area contributed by atoms with Gasteiger partial charge >= 0.3 is 0 Å². The summed E-state index contributed by atoms with van der Waals surface area (Å²) < 4.78 is 19.1. The monoisotopic (exact) mass is 293 g/mol. The molecule has 0 bridgehead atoms. The third kappa shape index (κ3) is 3.30. The number of halogens is 2. The maximum Gasteiger partial charge on any atom is 0.146 e. The fourth-order valence-corrected chi connectivity index (χ4v) is 2.03. The molecule has 0 aliphatic carbocycles. The van der Waals surface area contributed by atoms with Gasteiger partial charge < -0.3 is 10.1 Å². The van der Waals surface area contributed by atoms with Gasteiger partial charge in [0.1, 0.15) is 17.3 Å². The standard InChI is InChI=1S/C16H17ClFNO/c1-10-4-6-13(9-15(10)18)20-16-7-5-12(8-14(16)17)11(2)19-3/h4-9,11,19H,1-3H3. The minimum atomic E-state index is -0.293. The van der Waals surface area contributed by atoms with Gasteiger partial charge in [0.05, 0.1) is 5.02 Å². The minimum absolute atomic E-state index is 0.207. The molecule has 0 amide bonds. The fraction of sp³-hybridized carbons (Fsp3) is 0.250. The first-order valence-electron chi connectivity index (χ1n) is 6.42. The minimum Gasteiger partial charge on any atom is -0.456 e. The van der Waals surface area contributed by atoms with Gasteiger partial charge in [-0.25, -0.2) is 4.39 Å². The van der Waals surface area contributed by atoms with Crippen LogP contribution in [0.15, 0.2) is 36.4 Å². The van der Waals surface area contributed by atoms with Crippen LogP contribution in [0.2, 0.25) is 5.02 Å². The number of nitrogens with one attached hydrogen (secondary N) is 1. The lowest BCUT2D eigenvalue weighted by Crippen LogP contribution is -2.12. The lowest BCUT2D eigenvalue weighted by atomic mass is 10.1. The van der Waals surface area contributed by atoms with Crippen molar-refractivity contribution in [1.82, 2.24) is 5.32 Å². The molecule has 2 rings (SSSR count). The molecular weight excluding hydrogens is 277 g/mol. The summed E-state index contributed by atoms with van der Waals surface area (Å²) >= 11 is 6.20. The zero-order chi connectivity index (χ0) is 14.7. The zero-order valence-electron chi connectivity index (χ0n) is 11.7. The van der Waals surface area contributed by atoms with Crippen LogP contribution in [-0.4, -0.2) is 7.05 Å². The maximum absolute atomic E-state index is 13.5. The van der Waals surface area contributed by atoms with Crippen LogP contribution in [0, 0.1) is 12.7 Å². The van der Waals surface area contributed by atoms with Crippen LogP contribution in [0.3, 0.4) is 0 Å². The van der Waals surface area contributed by atoms with Gasteiger partial charge in [-0.15, -0.1) is 0 Å². The van der Waals surface area contributed by atoms with E-state index in [9.17, 15) is 4.39 Å². The van der Waals surface area contributed by atoms with E-state index in [1.54, 1.807) is 25.1 Å². The molecule has 106 valence electrons. The molecule has 0 saturated heterocycles. The Bertz CT molecular complexity index is 615. The molecular formula is C16H17ClFNO. The van der Waals surface area contributed by atoms with Crippen molar-refractivity contribution in [3.05, 3.63) is 58.4 Å². The van der Waals surface area contributed by atoms with E-state index in [-0.39, 0.29) is 11.9 Å². The first-order chi connectivity index (χ1) is 9.51. The number of ether oxygens (including phenoxy) is 1. The van der Waals surface area contributed by atoms with Crippen molar-refractivity contribution in [3.63, 3.8) is 0 Å². The summed E-state index contributed by atoms with van der Waals surface area (Å²) in [6.07, 6.45) is 0. The van der Waals surface area contributed by atoms with E-state index in [2.05, 4.69) is 5.32 Å². The van der Waals surface area contributed by atoms with Gasteiger partial charge in [0, 0.05) is 12.1 Å². The van der Waals surface area contributed by atoms with Crippen LogP contribution >= 0.6 is 11.6 Å². The zero-order valence-corrected chi connectivity index (χ0v) is 12.5. The second-order valence-corrected chi connectivity index (χ2v) is 5.12. The highest BCUT2D eigenvalue weighted by molar-refractivity contribution is 6.32. The van der Waals surface area contributed by atoms with Gasteiger partial charge in [0.2, 0.25) is 0 Å². The van der Waals surface area contributed by atoms with Crippen molar-refractivity contribution in [2.24, 2.45) is 0 Å². The Kier molecular flexibility index (Phi) is 4.63. The summed E-state index contributed by atoms with van der Waals surface area (Å²) in [7, 11) is 1.89. The molecule has 2 nitrogen and oxygen atoms in total. The van der Waals surface area contributed by atoms with Crippen LogP contribution in [0.5, 0.6) is 11.5 Å². The molecule has 1 unspecified atom stereocenters. The highest BCUT2D eigenvalue weighted by Crippen LogP contribution is 2.32. The third-order valence-electron chi connectivity index (χ3n) is 3.26. The lowest BCUT2D eigenvalue weighted by Gasteiger charge is -2.13. The summed E-state index contributed by atoms with van der Waals surface area (Å²) in [5, 5.41) is 3.65. The maximum atomic E-state index is 13.5. The number of hydrogen-bond acceptors (Lipinski definition) is 2. The SMILES string of the molecule is CNC(C)c1ccc(Oc2ccc(C)c(F)c2)c(Cl)c1. The van der Waals surface area contributed by atoms with Crippen LogP contribution in [-0.2, 0) is 0 Å². The van der Waals surface area contributed by atoms with E-state index >= 15 is 0 Å². The Balaban J connectivity index is 2.23. The summed E-state index contributed by atoms with van der Waals surface area (Å²) in [6, 6.07) is 10.5. The highest BCUT2D eigenvalue weighted by atomic mass is 35.5. The lowest BCUT2D eigenvalue weighted by molar-refractivity contribution is 0.475. The van der Waals surface area contributed by atoms with E-state index in [1.165, 1.54) is 6.07 Å².